The molecule has 0 rings (SSSR count). The molecule has 0 aromatic carbocycles. The van der Waals surface area contributed by atoms with E-state index in [4.69, 9.17) is 20.1 Å². The van der Waals surface area contributed by atoms with Crippen LogP contribution in [-0.4, -0.2) is 40.1 Å². The van der Waals surface area contributed by atoms with E-state index in [1.807, 2.05) is 0 Å². The first kappa shape index (κ1) is 12.6. The van der Waals surface area contributed by atoms with Crippen molar-refractivity contribution in [3.05, 3.63) is 0 Å². The van der Waals surface area contributed by atoms with Crippen LogP contribution >= 0.6 is 0 Å². The zero-order chi connectivity index (χ0) is 10.3. The van der Waals surface area contributed by atoms with Crippen LogP contribution in [0.15, 0.2) is 0 Å². The number of hydrogen-bond donors (Lipinski definition) is 4. The fourth-order valence-corrected chi connectivity index (χ4v) is 0.897. The van der Waals surface area contributed by atoms with Crippen molar-refractivity contribution in [2.45, 2.75) is 31.9 Å². The summed E-state index contributed by atoms with van der Waals surface area (Å²) < 4.78 is 0. The van der Waals surface area contributed by atoms with Crippen LogP contribution < -0.4 is 0 Å². The van der Waals surface area contributed by atoms with Gasteiger partial charge in [-0.05, 0) is 19.1 Å². The molecule has 5 nitrogen and oxygen atoms in total. The summed E-state index contributed by atoms with van der Waals surface area (Å²) in [4.78, 5) is 10.9. The molecule has 74 valence electrons. The van der Waals surface area contributed by atoms with E-state index < -0.39 is 14.2 Å². The SMILES string of the molecule is O=C(CCCB(O)O)CCB(O)O. The molecule has 0 fully saturated rings. The zero-order valence-corrected chi connectivity index (χ0v) is 7.39. The molecule has 0 radical (unpaired) electrons. The minimum absolute atomic E-state index is 0.0422. The minimum Gasteiger partial charge on any atom is -0.427 e. The van der Waals surface area contributed by atoms with E-state index >= 15 is 0 Å². The molecule has 0 aromatic heterocycles. The van der Waals surface area contributed by atoms with Gasteiger partial charge in [0.15, 0.2) is 0 Å². The summed E-state index contributed by atoms with van der Waals surface area (Å²) in [7, 11) is -2.80. The molecule has 0 aromatic rings. The number of hydrogen-bond acceptors (Lipinski definition) is 5. The highest BCUT2D eigenvalue weighted by Crippen LogP contribution is 2.03. The van der Waals surface area contributed by atoms with Gasteiger partial charge in [-0.2, -0.15) is 0 Å². The Morgan fingerprint density at radius 2 is 1.46 bits per heavy atom. The smallest absolute Gasteiger partial charge is 0.427 e. The quantitative estimate of drug-likeness (QED) is 0.371. The Bertz CT molecular complexity index is 150. The van der Waals surface area contributed by atoms with Crippen molar-refractivity contribution in [2.24, 2.45) is 0 Å². The fraction of sp³-hybridized carbons (Fsp3) is 0.833. The van der Waals surface area contributed by atoms with E-state index in [0.29, 0.717) is 6.42 Å². The molecule has 0 amide bonds. The Balaban J connectivity index is 3.30. The molecule has 4 N–H and O–H groups in total. The van der Waals surface area contributed by atoms with Crippen LogP contribution in [0.25, 0.3) is 0 Å². The second kappa shape index (κ2) is 7.08. The molecular formula is C6H14B2O5. The van der Waals surface area contributed by atoms with Crippen molar-refractivity contribution in [1.29, 1.82) is 0 Å². The van der Waals surface area contributed by atoms with Gasteiger partial charge in [0.05, 0.1) is 0 Å². The summed E-state index contributed by atoms with van der Waals surface area (Å²) in [5, 5.41) is 33.8. The molecular weight excluding hydrogens is 174 g/mol. The van der Waals surface area contributed by atoms with Gasteiger partial charge in [0.2, 0.25) is 0 Å². The van der Waals surface area contributed by atoms with Crippen LogP contribution in [0, 0.1) is 0 Å². The van der Waals surface area contributed by atoms with Crippen LogP contribution in [0.4, 0.5) is 0 Å². The summed E-state index contributed by atoms with van der Waals surface area (Å²) in [6.45, 7) is 0. The number of Topliss-reactive ketones (excluding diaryl/α,β-unsaturated/α-hetero) is 1. The van der Waals surface area contributed by atoms with Gasteiger partial charge >= 0.3 is 14.2 Å². The van der Waals surface area contributed by atoms with Gasteiger partial charge in [-0.15, -0.1) is 0 Å². The summed E-state index contributed by atoms with van der Waals surface area (Å²) in [5.74, 6) is -0.0891. The fourth-order valence-electron chi connectivity index (χ4n) is 0.897. The summed E-state index contributed by atoms with van der Waals surface area (Å²) in [6, 6.07) is 0. The van der Waals surface area contributed by atoms with Gasteiger partial charge in [0.1, 0.15) is 5.78 Å². The largest absolute Gasteiger partial charge is 0.451 e. The van der Waals surface area contributed by atoms with Gasteiger partial charge in [0.25, 0.3) is 0 Å². The summed E-state index contributed by atoms with van der Waals surface area (Å²) >= 11 is 0. The number of rotatable bonds is 7. The molecule has 0 spiro atoms. The molecule has 0 saturated carbocycles. The lowest BCUT2D eigenvalue weighted by Crippen LogP contribution is -2.14. The normalized spacial score (nSPS) is 9.85. The van der Waals surface area contributed by atoms with Crippen molar-refractivity contribution in [1.82, 2.24) is 0 Å². The summed E-state index contributed by atoms with van der Waals surface area (Å²) in [5.41, 5.74) is 0. The van der Waals surface area contributed by atoms with Crippen LogP contribution in [0.1, 0.15) is 19.3 Å². The Labute approximate surface area is 77.7 Å². The van der Waals surface area contributed by atoms with Gasteiger partial charge in [-0.3, -0.25) is 4.79 Å². The number of carbonyl (C=O) groups is 1. The van der Waals surface area contributed by atoms with Crippen molar-refractivity contribution in [2.75, 3.05) is 0 Å². The number of ketones is 1. The maximum Gasteiger partial charge on any atom is 0.451 e. The third-order valence-electron chi connectivity index (χ3n) is 1.60. The first-order chi connectivity index (χ1) is 6.02. The first-order valence-electron chi connectivity index (χ1n) is 4.26. The van der Waals surface area contributed by atoms with E-state index in [2.05, 4.69) is 0 Å². The highest BCUT2D eigenvalue weighted by molar-refractivity contribution is 6.41. The van der Waals surface area contributed by atoms with Crippen LogP contribution in [0.3, 0.4) is 0 Å². The van der Waals surface area contributed by atoms with Gasteiger partial charge in [-0.25, -0.2) is 0 Å². The average molecular weight is 188 g/mol. The van der Waals surface area contributed by atoms with Crippen molar-refractivity contribution < 1.29 is 24.9 Å². The average Bonchev–Trinajstić information content (AvgIpc) is 2.00. The van der Waals surface area contributed by atoms with Crippen molar-refractivity contribution in [3.8, 4) is 0 Å². The molecule has 0 aliphatic heterocycles. The molecule has 0 heterocycles. The lowest BCUT2D eigenvalue weighted by molar-refractivity contribution is -0.118. The maximum atomic E-state index is 10.9. The van der Waals surface area contributed by atoms with Gasteiger partial charge < -0.3 is 20.1 Å². The minimum atomic E-state index is -1.44. The van der Waals surface area contributed by atoms with E-state index in [0.717, 1.165) is 0 Å². The third kappa shape index (κ3) is 9.55. The van der Waals surface area contributed by atoms with Crippen LogP contribution in [0.5, 0.6) is 0 Å². The van der Waals surface area contributed by atoms with E-state index in [1.165, 1.54) is 0 Å². The lowest BCUT2D eigenvalue weighted by Gasteiger charge is -2.00. The highest BCUT2D eigenvalue weighted by Gasteiger charge is 2.11. The Hall–Kier alpha value is -0.360. The van der Waals surface area contributed by atoms with Crippen molar-refractivity contribution in [3.63, 3.8) is 0 Å². The second-order valence-electron chi connectivity index (χ2n) is 2.93. The van der Waals surface area contributed by atoms with E-state index in [-0.39, 0.29) is 31.3 Å². The van der Waals surface area contributed by atoms with Gasteiger partial charge in [0, 0.05) is 12.8 Å². The third-order valence-corrected chi connectivity index (χ3v) is 1.60. The zero-order valence-electron chi connectivity index (χ0n) is 7.39. The lowest BCUT2D eigenvalue weighted by atomic mass is 9.81. The van der Waals surface area contributed by atoms with Crippen LogP contribution in [0.2, 0.25) is 12.6 Å². The second-order valence-corrected chi connectivity index (χ2v) is 2.93. The molecule has 13 heavy (non-hydrogen) atoms. The first-order valence-corrected chi connectivity index (χ1v) is 4.26. The molecule has 7 heteroatoms. The predicted molar refractivity (Wildman–Crippen MR) is 48.9 cm³/mol. The Morgan fingerprint density at radius 3 is 1.92 bits per heavy atom. The van der Waals surface area contributed by atoms with E-state index in [9.17, 15) is 4.79 Å². The van der Waals surface area contributed by atoms with E-state index in [1.54, 1.807) is 0 Å². The van der Waals surface area contributed by atoms with Gasteiger partial charge in [-0.1, -0.05) is 0 Å². The molecule has 0 atom stereocenters. The number of carbonyl (C=O) groups excluding carboxylic acids is 1. The maximum absolute atomic E-state index is 10.9. The Kier molecular flexibility index (Phi) is 6.89. The highest BCUT2D eigenvalue weighted by atomic mass is 16.4. The standard InChI is InChI=1S/C6H14B2O5/c9-6(3-5-8(12)13)2-1-4-7(10)11/h10-13H,1-5H2. The monoisotopic (exact) mass is 188 g/mol. The molecule has 0 aliphatic rings. The van der Waals surface area contributed by atoms with Crippen LogP contribution in [-0.2, 0) is 4.79 Å². The predicted octanol–water partition coefficient (Wildman–Crippen LogP) is -1.33. The topological polar surface area (TPSA) is 98.0 Å². The Morgan fingerprint density at radius 1 is 0.923 bits per heavy atom. The molecule has 0 saturated heterocycles. The molecule has 0 bridgehead atoms. The molecule has 0 unspecified atom stereocenters. The molecule has 0 aliphatic carbocycles. The summed E-state index contributed by atoms with van der Waals surface area (Å²) in [6.07, 6.45) is 1.01. The van der Waals surface area contributed by atoms with Crippen molar-refractivity contribution >= 4 is 20.0 Å².